The van der Waals surface area contributed by atoms with Gasteiger partial charge in [-0.1, -0.05) is 0 Å². The van der Waals surface area contributed by atoms with Gasteiger partial charge >= 0.3 is 0 Å². The van der Waals surface area contributed by atoms with Gasteiger partial charge in [0.05, 0.1) is 12.7 Å². The van der Waals surface area contributed by atoms with Crippen LogP contribution in [0.2, 0.25) is 0 Å². The summed E-state index contributed by atoms with van der Waals surface area (Å²) in [5.41, 5.74) is 0. The maximum absolute atomic E-state index is 4.95. The minimum absolute atomic E-state index is 0.292. The summed E-state index contributed by atoms with van der Waals surface area (Å²) in [4.78, 5) is 0. The Morgan fingerprint density at radius 3 is 2.57 bits per heavy atom. The highest BCUT2D eigenvalue weighted by Gasteiger charge is 2.28. The maximum atomic E-state index is 4.95. The highest BCUT2D eigenvalue weighted by molar-refractivity contribution is 4.75. The Morgan fingerprint density at radius 1 is 1.86 bits per heavy atom. The molecule has 1 saturated heterocycles. The van der Waals surface area contributed by atoms with Crippen molar-refractivity contribution in [3.8, 4) is 0 Å². The Bertz CT molecular complexity index is 59.1. The Balaban J connectivity index is 2.10. The smallest absolute Gasteiger partial charge is 0.107 e. The van der Waals surface area contributed by atoms with Crippen LogP contribution in [-0.2, 0) is 9.47 Å². The van der Waals surface area contributed by atoms with Crippen molar-refractivity contribution in [2.24, 2.45) is 0 Å². The van der Waals surface area contributed by atoms with Crippen molar-refractivity contribution < 1.29 is 9.47 Å². The maximum Gasteiger partial charge on any atom is 0.107 e. The Morgan fingerprint density at radius 2 is 2.43 bits per heavy atom. The van der Waals surface area contributed by atoms with Gasteiger partial charge in [0.2, 0.25) is 0 Å². The predicted octanol–water partition coefficient (Wildman–Crippen LogP) is 0.420. The van der Waals surface area contributed by atoms with Gasteiger partial charge in [-0.3, -0.25) is 0 Å². The van der Waals surface area contributed by atoms with E-state index in [4.69, 9.17) is 9.47 Å². The third-order valence-corrected chi connectivity index (χ3v) is 1.25. The van der Waals surface area contributed by atoms with Gasteiger partial charge in [0.25, 0.3) is 0 Å². The molecule has 2 heteroatoms. The molecule has 1 rings (SSSR count). The number of epoxide rings is 1. The van der Waals surface area contributed by atoms with Gasteiger partial charge in [-0.25, -0.2) is 0 Å². The lowest BCUT2D eigenvalue weighted by molar-refractivity contribution is 0.0909. The summed E-state index contributed by atoms with van der Waals surface area (Å²) < 4.78 is 9.89. The molecule has 0 N–H and O–H groups in total. The minimum atomic E-state index is 0.292. The Kier molecular flexibility index (Phi) is 1.30. The summed E-state index contributed by atoms with van der Waals surface area (Å²) in [5.74, 6) is 0. The molecule has 1 aliphatic heterocycles. The SMILES string of the molecule is CO[C@H](C)[C@@H]1CO1. The number of hydrogen-bond acceptors (Lipinski definition) is 2. The van der Waals surface area contributed by atoms with E-state index in [9.17, 15) is 0 Å². The fourth-order valence-corrected chi connectivity index (χ4v) is 0.478. The molecule has 0 radical (unpaired) electrons. The first-order valence-electron chi connectivity index (χ1n) is 2.49. The molecule has 1 aliphatic rings. The molecule has 0 spiro atoms. The lowest BCUT2D eigenvalue weighted by Gasteiger charge is -2.01. The summed E-state index contributed by atoms with van der Waals surface area (Å²) in [6.07, 6.45) is 0.685. The molecule has 0 unspecified atom stereocenters. The second-order valence-corrected chi connectivity index (χ2v) is 1.81. The zero-order valence-electron chi connectivity index (χ0n) is 4.68. The van der Waals surface area contributed by atoms with Gasteiger partial charge in [0, 0.05) is 7.11 Å². The Labute approximate surface area is 43.4 Å². The van der Waals surface area contributed by atoms with Crippen LogP contribution in [0.5, 0.6) is 0 Å². The zero-order chi connectivity index (χ0) is 5.28. The number of rotatable bonds is 2. The van der Waals surface area contributed by atoms with Crippen LogP contribution in [0, 0.1) is 0 Å². The van der Waals surface area contributed by atoms with Gasteiger partial charge in [-0.15, -0.1) is 0 Å². The largest absolute Gasteiger partial charge is 0.379 e. The predicted molar refractivity (Wildman–Crippen MR) is 26.2 cm³/mol. The molecule has 0 saturated carbocycles. The third kappa shape index (κ3) is 1.14. The van der Waals surface area contributed by atoms with Crippen molar-refractivity contribution in [3.63, 3.8) is 0 Å². The molecular weight excluding hydrogens is 92.1 g/mol. The average Bonchev–Trinajstić information content (AvgIpc) is 2.44. The van der Waals surface area contributed by atoms with Crippen LogP contribution in [0.3, 0.4) is 0 Å². The van der Waals surface area contributed by atoms with Crippen LogP contribution in [0.1, 0.15) is 6.92 Å². The molecule has 0 aromatic rings. The van der Waals surface area contributed by atoms with Crippen molar-refractivity contribution in [1.82, 2.24) is 0 Å². The quantitative estimate of drug-likeness (QED) is 0.471. The van der Waals surface area contributed by atoms with E-state index in [1.54, 1.807) is 7.11 Å². The first-order valence-corrected chi connectivity index (χ1v) is 2.49. The molecule has 0 aromatic carbocycles. The number of ether oxygens (including phenoxy) is 2. The highest BCUT2D eigenvalue weighted by atomic mass is 16.6. The van der Waals surface area contributed by atoms with E-state index in [1.165, 1.54) is 0 Å². The summed E-state index contributed by atoms with van der Waals surface area (Å²) in [6.45, 7) is 2.90. The minimum Gasteiger partial charge on any atom is -0.379 e. The molecule has 2 atom stereocenters. The lowest BCUT2D eigenvalue weighted by atomic mass is 10.3. The summed E-state index contributed by atoms with van der Waals surface area (Å²) in [7, 11) is 1.70. The zero-order valence-corrected chi connectivity index (χ0v) is 4.68. The molecule has 1 heterocycles. The highest BCUT2D eigenvalue weighted by Crippen LogP contribution is 2.14. The van der Waals surface area contributed by atoms with Crippen molar-refractivity contribution in [2.75, 3.05) is 13.7 Å². The molecule has 0 bridgehead atoms. The summed E-state index contributed by atoms with van der Waals surface area (Å²) >= 11 is 0. The topological polar surface area (TPSA) is 21.8 Å². The van der Waals surface area contributed by atoms with Crippen molar-refractivity contribution >= 4 is 0 Å². The second-order valence-electron chi connectivity index (χ2n) is 1.81. The number of methoxy groups -OCH3 is 1. The number of hydrogen-bond donors (Lipinski definition) is 0. The molecule has 1 fully saturated rings. The molecule has 0 amide bonds. The molecular formula is C5H10O2. The molecule has 2 nitrogen and oxygen atoms in total. The fraction of sp³-hybridized carbons (Fsp3) is 1.00. The van der Waals surface area contributed by atoms with Crippen molar-refractivity contribution in [1.29, 1.82) is 0 Å². The third-order valence-electron chi connectivity index (χ3n) is 1.25. The van der Waals surface area contributed by atoms with Crippen LogP contribution in [0.4, 0.5) is 0 Å². The van der Waals surface area contributed by atoms with Crippen molar-refractivity contribution in [2.45, 2.75) is 19.1 Å². The van der Waals surface area contributed by atoms with E-state index in [2.05, 4.69) is 0 Å². The van der Waals surface area contributed by atoms with Crippen molar-refractivity contribution in [3.05, 3.63) is 0 Å². The average molecular weight is 102 g/mol. The van der Waals surface area contributed by atoms with E-state index in [-0.39, 0.29) is 0 Å². The van der Waals surface area contributed by atoms with Crippen LogP contribution >= 0.6 is 0 Å². The first kappa shape index (κ1) is 5.06. The standard InChI is InChI=1S/C5H10O2/c1-4(6-2)5-3-7-5/h4-5H,3H2,1-2H3/t4-,5+/m1/s1. The fourth-order valence-electron chi connectivity index (χ4n) is 0.478. The molecule has 7 heavy (non-hydrogen) atoms. The van der Waals surface area contributed by atoms with E-state index >= 15 is 0 Å². The van der Waals surface area contributed by atoms with Gasteiger partial charge < -0.3 is 9.47 Å². The van der Waals surface area contributed by atoms with E-state index < -0.39 is 0 Å². The Hall–Kier alpha value is -0.0800. The second kappa shape index (κ2) is 1.80. The van der Waals surface area contributed by atoms with Gasteiger partial charge in [0.15, 0.2) is 0 Å². The molecule has 0 aliphatic carbocycles. The first-order chi connectivity index (χ1) is 3.34. The van der Waals surface area contributed by atoms with E-state index in [0.29, 0.717) is 12.2 Å². The van der Waals surface area contributed by atoms with E-state index in [1.807, 2.05) is 6.92 Å². The monoisotopic (exact) mass is 102 g/mol. The van der Waals surface area contributed by atoms with Gasteiger partial charge in [-0.2, -0.15) is 0 Å². The van der Waals surface area contributed by atoms with Crippen LogP contribution in [0.25, 0.3) is 0 Å². The van der Waals surface area contributed by atoms with Crippen LogP contribution in [0.15, 0.2) is 0 Å². The normalized spacial score (nSPS) is 32.6. The van der Waals surface area contributed by atoms with Crippen LogP contribution < -0.4 is 0 Å². The summed E-state index contributed by atoms with van der Waals surface area (Å²) in [6, 6.07) is 0. The van der Waals surface area contributed by atoms with Gasteiger partial charge in [-0.05, 0) is 6.92 Å². The summed E-state index contributed by atoms with van der Waals surface area (Å²) in [5, 5.41) is 0. The van der Waals surface area contributed by atoms with Crippen LogP contribution in [-0.4, -0.2) is 25.9 Å². The molecule has 42 valence electrons. The lowest BCUT2D eigenvalue weighted by Crippen LogP contribution is -2.11. The molecule has 0 aromatic heterocycles. The van der Waals surface area contributed by atoms with Gasteiger partial charge in [0.1, 0.15) is 6.10 Å². The van der Waals surface area contributed by atoms with E-state index in [0.717, 1.165) is 6.61 Å².